The Balaban J connectivity index is 0.000000305. The van der Waals surface area contributed by atoms with Crippen molar-refractivity contribution in [1.29, 1.82) is 0 Å². The fourth-order valence-corrected chi connectivity index (χ4v) is 9.77. The van der Waals surface area contributed by atoms with Crippen LogP contribution in [0.25, 0.3) is 11.1 Å². The molecular formula is C39H57O3PSi. The van der Waals surface area contributed by atoms with Gasteiger partial charge in [0, 0.05) is 6.16 Å². The van der Waals surface area contributed by atoms with E-state index in [1.54, 1.807) is 5.57 Å². The van der Waals surface area contributed by atoms with Crippen LogP contribution in [0.5, 0.6) is 0 Å². The van der Waals surface area contributed by atoms with Crippen LogP contribution in [0, 0.1) is 23.2 Å². The molecule has 5 heteroatoms. The van der Waals surface area contributed by atoms with Crippen LogP contribution in [0.2, 0.25) is 18.1 Å². The molecule has 3 aliphatic carbocycles. The second kappa shape index (κ2) is 15.2. The third kappa shape index (κ3) is 8.69. The van der Waals surface area contributed by atoms with Crippen molar-refractivity contribution in [3.05, 3.63) is 84.0 Å². The third-order valence-electron chi connectivity index (χ3n) is 11.3. The van der Waals surface area contributed by atoms with E-state index in [1.807, 2.05) is 12.1 Å². The van der Waals surface area contributed by atoms with Crippen LogP contribution >= 0.6 is 8.46 Å². The molecule has 0 aliphatic heterocycles. The number of allylic oxidation sites excluding steroid dienone is 3. The van der Waals surface area contributed by atoms with Gasteiger partial charge in [0.05, 0.1) is 12.2 Å². The quantitative estimate of drug-likeness (QED) is 0.244. The van der Waals surface area contributed by atoms with E-state index in [0.29, 0.717) is 31.6 Å². The molecule has 2 aromatic rings. The van der Waals surface area contributed by atoms with E-state index < -0.39 is 8.32 Å². The molecule has 0 amide bonds. The van der Waals surface area contributed by atoms with Gasteiger partial charge in [-0.3, -0.25) is 4.57 Å². The maximum absolute atomic E-state index is 11.2. The van der Waals surface area contributed by atoms with Crippen LogP contribution in [-0.4, -0.2) is 31.8 Å². The fraction of sp³-hybridized carbons (Fsp3) is 0.590. The number of aliphatic hydroxyl groups excluding tert-OH is 1. The third-order valence-corrected chi connectivity index (χ3v) is 16.6. The highest BCUT2D eigenvalue weighted by Crippen LogP contribution is 2.59. The smallest absolute Gasteiger partial charge is 0.192 e. The van der Waals surface area contributed by atoms with Gasteiger partial charge in [0.15, 0.2) is 16.8 Å². The summed E-state index contributed by atoms with van der Waals surface area (Å²) in [4.78, 5) is 0. The lowest BCUT2D eigenvalue weighted by Crippen LogP contribution is -2.45. The van der Waals surface area contributed by atoms with Gasteiger partial charge >= 0.3 is 0 Å². The zero-order valence-electron chi connectivity index (χ0n) is 28.4. The number of benzene rings is 2. The molecule has 0 aromatic heterocycles. The summed E-state index contributed by atoms with van der Waals surface area (Å²) >= 11 is 0. The minimum absolute atomic E-state index is 0.142. The second-order valence-corrected chi connectivity index (χ2v) is 20.9. The largest absolute Gasteiger partial charge is 0.414 e. The van der Waals surface area contributed by atoms with Crippen molar-refractivity contribution in [2.45, 2.75) is 116 Å². The van der Waals surface area contributed by atoms with Gasteiger partial charge in [-0.25, -0.2) is 0 Å². The SMILES string of the molecule is C[C@H](CP=O)C1CCC2/C(=C/C=C3/C[C@@H](O)C[C@H](O[Si](C)(C)C(C)(C)C)C3)CCC[C@@]21C.c1ccc(-c2ccccc2)cc1. The van der Waals surface area contributed by atoms with Gasteiger partial charge in [0.1, 0.15) is 0 Å². The zero-order valence-corrected chi connectivity index (χ0v) is 30.3. The molecule has 3 fully saturated rings. The Morgan fingerprint density at radius 3 is 2.18 bits per heavy atom. The summed E-state index contributed by atoms with van der Waals surface area (Å²) in [7, 11) is -1.54. The van der Waals surface area contributed by atoms with E-state index in [-0.39, 0.29) is 17.2 Å². The summed E-state index contributed by atoms with van der Waals surface area (Å²) in [6, 6.07) is 20.8. The lowest BCUT2D eigenvalue weighted by atomic mass is 9.61. The lowest BCUT2D eigenvalue weighted by molar-refractivity contribution is 0.0667. The monoisotopic (exact) mass is 632 g/mol. The van der Waals surface area contributed by atoms with Crippen LogP contribution in [0.4, 0.5) is 0 Å². The first-order chi connectivity index (χ1) is 20.8. The zero-order chi connectivity index (χ0) is 32.0. The summed E-state index contributed by atoms with van der Waals surface area (Å²) in [5.41, 5.74) is 5.87. The number of hydrogen-bond acceptors (Lipinski definition) is 3. The van der Waals surface area contributed by atoms with Crippen LogP contribution in [0.15, 0.2) is 84.0 Å². The van der Waals surface area contributed by atoms with Crippen molar-refractivity contribution in [2.24, 2.45) is 23.2 Å². The summed E-state index contributed by atoms with van der Waals surface area (Å²) in [6.07, 6.45) is 14.2. The molecule has 3 saturated carbocycles. The molecule has 0 saturated heterocycles. The molecule has 0 spiro atoms. The van der Waals surface area contributed by atoms with Gasteiger partial charge < -0.3 is 9.53 Å². The molecule has 0 heterocycles. The highest BCUT2D eigenvalue weighted by Gasteiger charge is 2.50. The van der Waals surface area contributed by atoms with E-state index in [4.69, 9.17) is 4.43 Å². The molecule has 2 unspecified atom stereocenters. The van der Waals surface area contributed by atoms with E-state index >= 15 is 0 Å². The summed E-state index contributed by atoms with van der Waals surface area (Å²) < 4.78 is 17.9. The van der Waals surface area contributed by atoms with Gasteiger partial charge in [-0.05, 0) is 104 Å². The predicted octanol–water partition coefficient (Wildman–Crippen LogP) is 11.3. The van der Waals surface area contributed by atoms with Gasteiger partial charge in [-0.2, -0.15) is 0 Å². The molecule has 5 rings (SSSR count). The van der Waals surface area contributed by atoms with Crippen LogP contribution in [0.3, 0.4) is 0 Å². The average molecular weight is 633 g/mol. The molecule has 3 nitrogen and oxygen atoms in total. The molecule has 0 radical (unpaired) electrons. The first-order valence-electron chi connectivity index (χ1n) is 17.0. The minimum Gasteiger partial charge on any atom is -0.414 e. The topological polar surface area (TPSA) is 46.5 Å². The predicted molar refractivity (Wildman–Crippen MR) is 190 cm³/mol. The molecule has 240 valence electrons. The standard InChI is InChI=1S/C27H47O3PSi.C12H10/c1-19(18-31-29)24-12-13-25-21(9-8-14-27(24,25)5)11-10-20-15-22(28)17-23(16-20)30-32(6,7)26(2,3)4;1-3-7-11(8-4-1)12-9-5-2-6-10-12/h10-11,19,22-25,28H,8-9,12-18H2,1-7H3;1-10H/b20-10-,21-11+;/t19-,22-,23-,24?,25?,27-;/m1./s1. The first-order valence-corrected chi connectivity index (χ1v) is 20.9. The van der Waals surface area contributed by atoms with Crippen LogP contribution < -0.4 is 0 Å². The van der Waals surface area contributed by atoms with Crippen LogP contribution in [-0.2, 0) is 8.99 Å². The Morgan fingerprint density at radius 2 is 1.61 bits per heavy atom. The van der Waals surface area contributed by atoms with E-state index in [2.05, 4.69) is 108 Å². The second-order valence-electron chi connectivity index (χ2n) is 15.5. The van der Waals surface area contributed by atoms with Gasteiger partial charge in [-0.1, -0.05) is 119 Å². The Kier molecular flexibility index (Phi) is 12.1. The molecule has 2 aromatic carbocycles. The number of fused-ring (bicyclic) bond motifs is 1. The average Bonchev–Trinajstić information content (AvgIpc) is 3.34. The number of rotatable bonds is 7. The van der Waals surface area contributed by atoms with Crippen molar-refractivity contribution in [3.63, 3.8) is 0 Å². The summed E-state index contributed by atoms with van der Waals surface area (Å²) in [6.45, 7) is 16.3. The van der Waals surface area contributed by atoms with Crippen molar-refractivity contribution >= 4 is 16.8 Å². The Labute approximate surface area is 270 Å². The van der Waals surface area contributed by atoms with Gasteiger partial charge in [-0.15, -0.1) is 0 Å². The minimum atomic E-state index is -1.84. The molecule has 44 heavy (non-hydrogen) atoms. The number of aliphatic hydroxyl groups is 1. The summed E-state index contributed by atoms with van der Waals surface area (Å²) in [5, 5.41) is 10.8. The van der Waals surface area contributed by atoms with Crippen molar-refractivity contribution in [2.75, 3.05) is 6.16 Å². The Morgan fingerprint density at radius 1 is 1.00 bits per heavy atom. The van der Waals surface area contributed by atoms with Gasteiger partial charge in [0.25, 0.3) is 0 Å². The van der Waals surface area contributed by atoms with E-state index in [0.717, 1.165) is 25.4 Å². The first kappa shape index (κ1) is 35.0. The van der Waals surface area contributed by atoms with Gasteiger partial charge in [0.2, 0.25) is 0 Å². The van der Waals surface area contributed by atoms with Crippen molar-refractivity contribution in [1.82, 2.24) is 0 Å². The molecular weight excluding hydrogens is 575 g/mol. The maximum Gasteiger partial charge on any atom is 0.192 e. The highest BCUT2D eigenvalue weighted by molar-refractivity contribution is 7.23. The number of hydrogen-bond donors (Lipinski definition) is 1. The molecule has 3 aliphatic rings. The molecule has 0 bridgehead atoms. The van der Waals surface area contributed by atoms with Crippen molar-refractivity contribution < 1.29 is 14.1 Å². The normalized spacial score (nSPS) is 30.1. The lowest BCUT2D eigenvalue weighted by Gasteiger charge is -2.44. The molecule has 1 N–H and O–H groups in total. The Hall–Kier alpha value is -1.84. The Bertz CT molecular complexity index is 1230. The van der Waals surface area contributed by atoms with Crippen LogP contribution in [0.1, 0.15) is 86.0 Å². The van der Waals surface area contributed by atoms with E-state index in [1.165, 1.54) is 48.8 Å². The van der Waals surface area contributed by atoms with E-state index in [9.17, 15) is 9.67 Å². The fourth-order valence-electron chi connectivity index (χ4n) is 7.91. The maximum atomic E-state index is 11.2. The summed E-state index contributed by atoms with van der Waals surface area (Å²) in [5.74, 6) is 1.88. The molecule has 6 atom stereocenters. The highest BCUT2D eigenvalue weighted by atomic mass is 31.1. The van der Waals surface area contributed by atoms with Crippen molar-refractivity contribution in [3.8, 4) is 11.1 Å².